The Balaban J connectivity index is 2.49. The maximum absolute atomic E-state index is 11.5. The molecule has 1 aromatic carbocycles. The van der Waals surface area contributed by atoms with Gasteiger partial charge in [0.2, 0.25) is 0 Å². The molecule has 0 saturated carbocycles. The fourth-order valence-electron chi connectivity index (χ4n) is 1.24. The van der Waals surface area contributed by atoms with Crippen molar-refractivity contribution in [3.05, 3.63) is 29.8 Å². The third kappa shape index (κ3) is 4.44. The molecule has 0 spiro atoms. The van der Waals surface area contributed by atoms with Gasteiger partial charge in [-0.15, -0.1) is 11.6 Å². The molecule has 17 heavy (non-hydrogen) atoms. The molecular formula is C12H15ClN2O2. The Kier molecular flexibility index (Phi) is 5.49. The van der Waals surface area contributed by atoms with Gasteiger partial charge in [-0.2, -0.15) is 0 Å². The third-order valence-corrected chi connectivity index (χ3v) is 2.46. The number of aryl methyl sites for hydroxylation is 1. The minimum atomic E-state index is -0.658. The summed E-state index contributed by atoms with van der Waals surface area (Å²) in [5.41, 5.74) is 1.56. The van der Waals surface area contributed by atoms with Crippen molar-refractivity contribution in [1.29, 1.82) is 0 Å². The smallest absolute Gasteiger partial charge is 0.313 e. The van der Waals surface area contributed by atoms with E-state index in [2.05, 4.69) is 10.6 Å². The molecular weight excluding hydrogens is 240 g/mol. The van der Waals surface area contributed by atoms with Gasteiger partial charge < -0.3 is 10.6 Å². The van der Waals surface area contributed by atoms with E-state index in [-0.39, 0.29) is 0 Å². The fraction of sp³-hybridized carbons (Fsp3) is 0.333. The van der Waals surface area contributed by atoms with Crippen LogP contribution in [0.4, 0.5) is 5.69 Å². The number of alkyl halides is 1. The first-order valence-electron chi connectivity index (χ1n) is 5.36. The normalized spacial score (nSPS) is 9.76. The summed E-state index contributed by atoms with van der Waals surface area (Å²) < 4.78 is 0. The molecule has 0 atom stereocenters. The van der Waals surface area contributed by atoms with Crippen LogP contribution in [0.3, 0.4) is 0 Å². The maximum Gasteiger partial charge on any atom is 0.313 e. The van der Waals surface area contributed by atoms with Gasteiger partial charge in [0.25, 0.3) is 0 Å². The molecule has 1 aromatic rings. The van der Waals surface area contributed by atoms with E-state index in [0.717, 1.165) is 5.56 Å². The summed E-state index contributed by atoms with van der Waals surface area (Å²) in [7, 11) is 0. The Morgan fingerprint density at radius 1 is 1.24 bits per heavy atom. The van der Waals surface area contributed by atoms with Gasteiger partial charge in [-0.25, -0.2) is 0 Å². The number of carbonyl (C=O) groups is 2. The molecule has 0 radical (unpaired) electrons. The van der Waals surface area contributed by atoms with Crippen LogP contribution in [0.15, 0.2) is 24.3 Å². The van der Waals surface area contributed by atoms with Gasteiger partial charge in [0.05, 0.1) is 0 Å². The molecule has 2 amide bonds. The van der Waals surface area contributed by atoms with Crippen LogP contribution in [-0.4, -0.2) is 24.2 Å². The number of hydrogen-bond donors (Lipinski definition) is 2. The molecule has 0 saturated heterocycles. The fourth-order valence-corrected chi connectivity index (χ4v) is 1.37. The van der Waals surface area contributed by atoms with E-state index < -0.39 is 11.8 Å². The lowest BCUT2D eigenvalue weighted by molar-refractivity contribution is -0.136. The predicted octanol–water partition coefficient (Wildman–Crippen LogP) is 1.68. The Morgan fingerprint density at radius 2 is 1.94 bits per heavy atom. The minimum Gasteiger partial charge on any atom is -0.348 e. The number of halogens is 1. The zero-order valence-corrected chi connectivity index (χ0v) is 10.4. The summed E-state index contributed by atoms with van der Waals surface area (Å²) in [5, 5.41) is 5.04. The van der Waals surface area contributed by atoms with Gasteiger partial charge in [0, 0.05) is 18.1 Å². The zero-order valence-electron chi connectivity index (χ0n) is 9.63. The molecule has 1 rings (SSSR count). The second-order valence-corrected chi connectivity index (χ2v) is 3.95. The molecule has 0 fully saturated rings. The summed E-state index contributed by atoms with van der Waals surface area (Å²) in [6.45, 7) is 2.27. The van der Waals surface area contributed by atoms with Crippen molar-refractivity contribution in [3.63, 3.8) is 0 Å². The van der Waals surface area contributed by atoms with Crippen LogP contribution in [0.2, 0.25) is 0 Å². The highest BCUT2D eigenvalue weighted by molar-refractivity contribution is 6.39. The number of benzene rings is 1. The molecule has 2 N–H and O–H groups in total. The molecule has 0 aromatic heterocycles. The molecule has 0 heterocycles. The number of nitrogens with one attached hydrogen (secondary N) is 2. The standard InChI is InChI=1S/C12H15ClN2O2/c1-9-5-2-3-6-10(9)15-12(17)11(16)14-8-4-7-13/h2-3,5-6H,4,7-8H2,1H3,(H,14,16)(H,15,17). The van der Waals surface area contributed by atoms with E-state index >= 15 is 0 Å². The molecule has 0 aliphatic heterocycles. The third-order valence-electron chi connectivity index (χ3n) is 2.20. The van der Waals surface area contributed by atoms with Gasteiger partial charge in [-0.1, -0.05) is 18.2 Å². The van der Waals surface area contributed by atoms with Crippen molar-refractivity contribution in [2.45, 2.75) is 13.3 Å². The number of rotatable bonds is 4. The monoisotopic (exact) mass is 254 g/mol. The molecule has 0 aliphatic carbocycles. The maximum atomic E-state index is 11.5. The second kappa shape index (κ2) is 6.91. The van der Waals surface area contributed by atoms with Gasteiger partial charge >= 0.3 is 11.8 Å². The van der Waals surface area contributed by atoms with Crippen LogP contribution in [0.25, 0.3) is 0 Å². The quantitative estimate of drug-likeness (QED) is 0.488. The van der Waals surface area contributed by atoms with E-state index in [4.69, 9.17) is 11.6 Å². The Morgan fingerprint density at radius 3 is 2.59 bits per heavy atom. The van der Waals surface area contributed by atoms with Crippen LogP contribution < -0.4 is 10.6 Å². The number of amides is 2. The predicted molar refractivity (Wildman–Crippen MR) is 68.2 cm³/mol. The summed E-state index contributed by atoms with van der Waals surface area (Å²) in [5.74, 6) is -0.841. The first-order chi connectivity index (χ1) is 8.15. The van der Waals surface area contributed by atoms with Crippen molar-refractivity contribution in [2.24, 2.45) is 0 Å². The largest absolute Gasteiger partial charge is 0.348 e. The summed E-state index contributed by atoms with van der Waals surface area (Å²) in [6.07, 6.45) is 0.644. The van der Waals surface area contributed by atoms with E-state index in [1.807, 2.05) is 19.1 Å². The number of carbonyl (C=O) groups excluding carboxylic acids is 2. The van der Waals surface area contributed by atoms with Gasteiger partial charge in [0.15, 0.2) is 0 Å². The van der Waals surface area contributed by atoms with Crippen molar-refractivity contribution in [1.82, 2.24) is 5.32 Å². The van der Waals surface area contributed by atoms with Crippen molar-refractivity contribution in [3.8, 4) is 0 Å². The molecule has 0 unspecified atom stereocenters. The van der Waals surface area contributed by atoms with Crippen LogP contribution in [0.5, 0.6) is 0 Å². The number of para-hydroxylation sites is 1. The first-order valence-corrected chi connectivity index (χ1v) is 5.89. The average molecular weight is 255 g/mol. The Bertz CT molecular complexity index is 407. The lowest BCUT2D eigenvalue weighted by Crippen LogP contribution is -2.36. The summed E-state index contributed by atoms with van der Waals surface area (Å²) >= 11 is 5.46. The summed E-state index contributed by atoms with van der Waals surface area (Å²) in [6, 6.07) is 7.28. The average Bonchev–Trinajstić information content (AvgIpc) is 2.32. The Hall–Kier alpha value is -1.55. The van der Waals surface area contributed by atoms with E-state index in [9.17, 15) is 9.59 Å². The summed E-state index contributed by atoms with van der Waals surface area (Å²) in [4.78, 5) is 22.9. The van der Waals surface area contributed by atoms with Gasteiger partial charge in [0.1, 0.15) is 0 Å². The zero-order chi connectivity index (χ0) is 12.7. The molecule has 4 nitrogen and oxygen atoms in total. The Labute approximate surface area is 105 Å². The number of hydrogen-bond acceptors (Lipinski definition) is 2. The highest BCUT2D eigenvalue weighted by Gasteiger charge is 2.13. The van der Waals surface area contributed by atoms with Gasteiger partial charge in [-0.05, 0) is 25.0 Å². The van der Waals surface area contributed by atoms with Crippen molar-refractivity contribution < 1.29 is 9.59 Å². The highest BCUT2D eigenvalue weighted by Crippen LogP contribution is 2.12. The van der Waals surface area contributed by atoms with E-state index in [1.54, 1.807) is 12.1 Å². The molecule has 92 valence electrons. The lowest BCUT2D eigenvalue weighted by Gasteiger charge is -2.07. The topological polar surface area (TPSA) is 58.2 Å². The van der Waals surface area contributed by atoms with E-state index in [1.165, 1.54) is 0 Å². The van der Waals surface area contributed by atoms with Crippen LogP contribution in [0, 0.1) is 6.92 Å². The SMILES string of the molecule is Cc1ccccc1NC(=O)C(=O)NCCCCl. The van der Waals surface area contributed by atoms with E-state index in [0.29, 0.717) is 24.5 Å². The molecule has 0 bridgehead atoms. The van der Waals surface area contributed by atoms with Crippen LogP contribution in [-0.2, 0) is 9.59 Å². The van der Waals surface area contributed by atoms with Crippen LogP contribution in [0.1, 0.15) is 12.0 Å². The van der Waals surface area contributed by atoms with Crippen molar-refractivity contribution in [2.75, 3.05) is 17.7 Å². The molecule has 5 heteroatoms. The first kappa shape index (κ1) is 13.5. The molecule has 0 aliphatic rings. The second-order valence-electron chi connectivity index (χ2n) is 3.57. The van der Waals surface area contributed by atoms with Crippen LogP contribution >= 0.6 is 11.6 Å². The lowest BCUT2D eigenvalue weighted by atomic mass is 10.2. The number of anilines is 1. The highest BCUT2D eigenvalue weighted by atomic mass is 35.5. The minimum absolute atomic E-state index is 0.406. The van der Waals surface area contributed by atoms with Crippen molar-refractivity contribution >= 4 is 29.1 Å². The van der Waals surface area contributed by atoms with Gasteiger partial charge in [-0.3, -0.25) is 9.59 Å².